The average molecular weight is 338 g/mol. The molecule has 2 amide bonds. The van der Waals surface area contributed by atoms with Crippen molar-refractivity contribution in [3.8, 4) is 0 Å². The molecule has 22 heavy (non-hydrogen) atoms. The first-order valence-electron chi connectivity index (χ1n) is 6.28. The van der Waals surface area contributed by atoms with Crippen molar-refractivity contribution < 1.29 is 32.6 Å². The minimum absolute atomic E-state index is 0.158. The SMILES string of the molecule is CCOC(=O)[C@H]1[C@H](c2cccs2)NC(=O)N[C@]1(O)C(F)(F)F. The van der Waals surface area contributed by atoms with Crippen LogP contribution in [-0.2, 0) is 9.53 Å². The molecule has 0 spiro atoms. The highest BCUT2D eigenvalue weighted by atomic mass is 32.1. The number of urea groups is 1. The van der Waals surface area contributed by atoms with Gasteiger partial charge in [-0.1, -0.05) is 6.07 Å². The summed E-state index contributed by atoms with van der Waals surface area (Å²) >= 11 is 1.05. The summed E-state index contributed by atoms with van der Waals surface area (Å²) < 4.78 is 44.5. The van der Waals surface area contributed by atoms with Crippen LogP contribution in [0.15, 0.2) is 17.5 Å². The Morgan fingerprint density at radius 2 is 2.23 bits per heavy atom. The van der Waals surface area contributed by atoms with Gasteiger partial charge < -0.3 is 20.5 Å². The molecule has 1 aromatic rings. The fourth-order valence-corrected chi connectivity index (χ4v) is 3.06. The number of nitrogens with one attached hydrogen (secondary N) is 2. The Labute approximate surface area is 127 Å². The first kappa shape index (κ1) is 16.6. The van der Waals surface area contributed by atoms with E-state index in [-0.39, 0.29) is 6.61 Å². The number of amides is 2. The number of halogens is 3. The molecular formula is C12H13F3N2O4S. The van der Waals surface area contributed by atoms with Gasteiger partial charge in [0.25, 0.3) is 5.72 Å². The molecule has 1 saturated heterocycles. The third-order valence-electron chi connectivity index (χ3n) is 3.20. The predicted octanol–water partition coefficient (Wildman–Crippen LogP) is 1.53. The van der Waals surface area contributed by atoms with Gasteiger partial charge in [0.1, 0.15) is 5.92 Å². The standard InChI is InChI=1S/C12H13F3N2O4S/c1-2-21-9(18)7-8(6-4-3-5-22-6)16-10(19)17-11(7,20)12(13,14)15/h3-5,7-8,20H,2H2,1H3,(H2,16,17,19)/t7-,8+,11-/m1/s1. The van der Waals surface area contributed by atoms with Crippen molar-refractivity contribution in [2.75, 3.05) is 6.61 Å². The fourth-order valence-electron chi connectivity index (χ4n) is 2.24. The molecule has 3 N–H and O–H groups in total. The van der Waals surface area contributed by atoms with Gasteiger partial charge in [-0.3, -0.25) is 4.79 Å². The van der Waals surface area contributed by atoms with E-state index < -0.39 is 35.9 Å². The van der Waals surface area contributed by atoms with Crippen LogP contribution in [0.4, 0.5) is 18.0 Å². The molecule has 0 bridgehead atoms. The Balaban J connectivity index is 2.51. The summed E-state index contributed by atoms with van der Waals surface area (Å²) in [5, 5.41) is 15.2. The van der Waals surface area contributed by atoms with Crippen molar-refractivity contribution in [3.63, 3.8) is 0 Å². The zero-order chi connectivity index (χ0) is 16.5. The van der Waals surface area contributed by atoms with Crippen LogP contribution in [-0.4, -0.2) is 35.6 Å². The van der Waals surface area contributed by atoms with Crippen molar-refractivity contribution in [3.05, 3.63) is 22.4 Å². The Kier molecular flexibility index (Phi) is 4.34. The summed E-state index contributed by atoms with van der Waals surface area (Å²) in [6.07, 6.45) is -5.25. The summed E-state index contributed by atoms with van der Waals surface area (Å²) in [5.41, 5.74) is -3.71. The molecule has 1 aliphatic heterocycles. The quantitative estimate of drug-likeness (QED) is 0.730. The maximum atomic E-state index is 13.3. The van der Waals surface area contributed by atoms with Gasteiger partial charge in [0.15, 0.2) is 0 Å². The summed E-state index contributed by atoms with van der Waals surface area (Å²) in [4.78, 5) is 23.8. The van der Waals surface area contributed by atoms with E-state index in [0.717, 1.165) is 11.3 Å². The molecule has 0 aliphatic carbocycles. The van der Waals surface area contributed by atoms with Gasteiger partial charge in [0.2, 0.25) is 0 Å². The molecule has 1 aromatic heterocycles. The number of hydrogen-bond acceptors (Lipinski definition) is 5. The Morgan fingerprint density at radius 1 is 1.55 bits per heavy atom. The molecule has 0 radical (unpaired) electrons. The van der Waals surface area contributed by atoms with Crippen molar-refractivity contribution in [1.82, 2.24) is 10.6 Å². The largest absolute Gasteiger partial charge is 0.466 e. The Bertz CT molecular complexity index is 563. The predicted molar refractivity (Wildman–Crippen MR) is 69.9 cm³/mol. The number of carbonyl (C=O) groups excluding carboxylic acids is 2. The van der Waals surface area contributed by atoms with Gasteiger partial charge in [-0.25, -0.2) is 4.79 Å². The molecule has 6 nitrogen and oxygen atoms in total. The van der Waals surface area contributed by atoms with E-state index in [1.165, 1.54) is 18.3 Å². The average Bonchev–Trinajstić information content (AvgIpc) is 2.90. The number of alkyl halides is 3. The molecule has 1 fully saturated rings. The lowest BCUT2D eigenvalue weighted by atomic mass is 9.84. The molecule has 122 valence electrons. The second-order valence-electron chi connectivity index (χ2n) is 4.59. The fraction of sp³-hybridized carbons (Fsp3) is 0.500. The second-order valence-corrected chi connectivity index (χ2v) is 5.56. The number of rotatable bonds is 3. The molecule has 2 rings (SSSR count). The summed E-state index contributed by atoms with van der Waals surface area (Å²) in [7, 11) is 0. The van der Waals surface area contributed by atoms with Crippen LogP contribution in [0.2, 0.25) is 0 Å². The minimum atomic E-state index is -5.25. The number of ether oxygens (including phenoxy) is 1. The number of carbonyl (C=O) groups is 2. The molecule has 10 heteroatoms. The monoisotopic (exact) mass is 338 g/mol. The number of hydrogen-bond donors (Lipinski definition) is 3. The maximum Gasteiger partial charge on any atom is 0.437 e. The highest BCUT2D eigenvalue weighted by Crippen LogP contribution is 2.43. The van der Waals surface area contributed by atoms with E-state index in [0.29, 0.717) is 4.88 Å². The maximum absolute atomic E-state index is 13.3. The number of esters is 1. The summed E-state index contributed by atoms with van der Waals surface area (Å²) in [5.74, 6) is -3.32. The second kappa shape index (κ2) is 5.76. The normalized spacial score (nSPS) is 28.7. The van der Waals surface area contributed by atoms with E-state index in [9.17, 15) is 27.9 Å². The molecular weight excluding hydrogens is 325 g/mol. The van der Waals surface area contributed by atoms with Crippen LogP contribution in [0.3, 0.4) is 0 Å². The highest BCUT2D eigenvalue weighted by molar-refractivity contribution is 7.10. The van der Waals surface area contributed by atoms with Crippen LogP contribution in [0, 0.1) is 5.92 Å². The summed E-state index contributed by atoms with van der Waals surface area (Å²) in [6, 6.07) is 0.450. The molecule has 0 aromatic carbocycles. The third-order valence-corrected chi connectivity index (χ3v) is 4.15. The molecule has 1 aliphatic rings. The first-order chi connectivity index (χ1) is 10.2. The van der Waals surface area contributed by atoms with Crippen LogP contribution in [0.1, 0.15) is 17.8 Å². The van der Waals surface area contributed by atoms with Gasteiger partial charge in [0.05, 0.1) is 12.6 Å². The topological polar surface area (TPSA) is 87.7 Å². The van der Waals surface area contributed by atoms with Gasteiger partial charge in [-0.05, 0) is 18.4 Å². The van der Waals surface area contributed by atoms with E-state index in [2.05, 4.69) is 10.1 Å². The first-order valence-corrected chi connectivity index (χ1v) is 7.16. The van der Waals surface area contributed by atoms with Crippen LogP contribution in [0.5, 0.6) is 0 Å². The van der Waals surface area contributed by atoms with E-state index in [1.807, 2.05) is 0 Å². The van der Waals surface area contributed by atoms with E-state index in [1.54, 1.807) is 11.4 Å². The lowest BCUT2D eigenvalue weighted by Crippen LogP contribution is -2.73. The van der Waals surface area contributed by atoms with Gasteiger partial charge in [0, 0.05) is 4.88 Å². The van der Waals surface area contributed by atoms with Crippen LogP contribution in [0.25, 0.3) is 0 Å². The van der Waals surface area contributed by atoms with E-state index >= 15 is 0 Å². The van der Waals surface area contributed by atoms with Crippen LogP contribution < -0.4 is 10.6 Å². The smallest absolute Gasteiger partial charge is 0.437 e. The van der Waals surface area contributed by atoms with Gasteiger partial charge >= 0.3 is 18.2 Å². The van der Waals surface area contributed by atoms with Crippen LogP contribution >= 0.6 is 11.3 Å². The van der Waals surface area contributed by atoms with Crippen molar-refractivity contribution >= 4 is 23.3 Å². The van der Waals surface area contributed by atoms with Crippen molar-refractivity contribution in [1.29, 1.82) is 0 Å². The van der Waals surface area contributed by atoms with Crippen molar-refractivity contribution in [2.24, 2.45) is 5.92 Å². The zero-order valence-corrected chi connectivity index (χ0v) is 12.1. The zero-order valence-electron chi connectivity index (χ0n) is 11.3. The van der Waals surface area contributed by atoms with Crippen molar-refractivity contribution in [2.45, 2.75) is 24.9 Å². The summed E-state index contributed by atoms with van der Waals surface area (Å²) in [6.45, 7) is 1.27. The lowest BCUT2D eigenvalue weighted by Gasteiger charge is -2.43. The van der Waals surface area contributed by atoms with E-state index in [4.69, 9.17) is 0 Å². The molecule has 0 unspecified atom stereocenters. The number of aliphatic hydroxyl groups is 1. The van der Waals surface area contributed by atoms with Gasteiger partial charge in [-0.15, -0.1) is 11.3 Å². The van der Waals surface area contributed by atoms with Gasteiger partial charge in [-0.2, -0.15) is 13.2 Å². The lowest BCUT2D eigenvalue weighted by molar-refractivity contribution is -0.294. The Morgan fingerprint density at radius 3 is 2.73 bits per heavy atom. The molecule has 3 atom stereocenters. The minimum Gasteiger partial charge on any atom is -0.466 e. The molecule has 2 heterocycles. The number of thiophene rings is 1. The third kappa shape index (κ3) is 2.75. The highest BCUT2D eigenvalue weighted by Gasteiger charge is 2.67. The Hall–Kier alpha value is -1.81. The molecule has 0 saturated carbocycles.